The number of likely N-dealkylation sites (tertiary alicyclic amines) is 1. The van der Waals surface area contributed by atoms with Crippen molar-refractivity contribution in [2.45, 2.75) is 71.1 Å². The maximum atomic E-state index is 9.34. The fourth-order valence-corrected chi connectivity index (χ4v) is 3.04. The lowest BCUT2D eigenvalue weighted by atomic mass is 9.96. The zero-order valence-electron chi connectivity index (χ0n) is 13.6. The zero-order chi connectivity index (χ0) is 15.0. The first-order valence-electron chi connectivity index (χ1n) is 8.02. The summed E-state index contributed by atoms with van der Waals surface area (Å²) in [5.74, 6) is 0. The van der Waals surface area contributed by atoms with Crippen LogP contribution in [0.5, 0.6) is 0 Å². The van der Waals surface area contributed by atoms with Crippen LogP contribution in [0, 0.1) is 11.3 Å². The van der Waals surface area contributed by atoms with Gasteiger partial charge < -0.3 is 9.64 Å². The lowest BCUT2D eigenvalue weighted by molar-refractivity contribution is 0.00532. The Morgan fingerprint density at radius 3 is 2.85 bits per heavy atom. The number of ether oxygens (including phenoxy) is 1. The van der Waals surface area contributed by atoms with Crippen LogP contribution < -0.4 is 5.32 Å². The van der Waals surface area contributed by atoms with Crippen molar-refractivity contribution in [3.05, 3.63) is 0 Å². The lowest BCUT2D eigenvalue weighted by Crippen LogP contribution is -2.46. The summed E-state index contributed by atoms with van der Waals surface area (Å²) < 4.78 is 5.73. The highest BCUT2D eigenvalue weighted by molar-refractivity contribution is 5.04. The molecule has 1 aliphatic heterocycles. The Balaban J connectivity index is 2.30. The summed E-state index contributed by atoms with van der Waals surface area (Å²) in [7, 11) is 0. The van der Waals surface area contributed by atoms with E-state index in [1.165, 1.54) is 19.4 Å². The van der Waals surface area contributed by atoms with E-state index in [2.05, 4.69) is 37.1 Å². The van der Waals surface area contributed by atoms with Crippen LogP contribution in [0.1, 0.15) is 53.4 Å². The quantitative estimate of drug-likeness (QED) is 0.743. The van der Waals surface area contributed by atoms with Crippen LogP contribution in [0.4, 0.5) is 0 Å². The standard InChI is InChI=1S/C16H31N3O/c1-5-20-15-8-6-10-19(12-15)11-7-9-16(4,13-17)18-14(2)3/h14-15,18H,5-12H2,1-4H3. The first-order chi connectivity index (χ1) is 9.49. The molecule has 1 aliphatic rings. The Morgan fingerprint density at radius 1 is 1.50 bits per heavy atom. The Hall–Kier alpha value is -0.630. The van der Waals surface area contributed by atoms with E-state index in [9.17, 15) is 5.26 Å². The van der Waals surface area contributed by atoms with Gasteiger partial charge >= 0.3 is 0 Å². The molecule has 116 valence electrons. The molecule has 0 radical (unpaired) electrons. The van der Waals surface area contributed by atoms with Gasteiger partial charge in [-0.1, -0.05) is 0 Å². The van der Waals surface area contributed by atoms with Crippen LogP contribution in [0.15, 0.2) is 0 Å². The van der Waals surface area contributed by atoms with Gasteiger partial charge in [0, 0.05) is 19.2 Å². The highest BCUT2D eigenvalue weighted by Gasteiger charge is 2.25. The molecule has 1 rings (SSSR count). The molecule has 2 unspecified atom stereocenters. The van der Waals surface area contributed by atoms with E-state index in [1.54, 1.807) is 0 Å². The van der Waals surface area contributed by atoms with Crippen molar-refractivity contribution >= 4 is 0 Å². The molecule has 1 saturated heterocycles. The minimum atomic E-state index is -0.400. The van der Waals surface area contributed by atoms with E-state index in [1.807, 2.05) is 6.92 Å². The third-order valence-corrected chi connectivity index (χ3v) is 3.87. The van der Waals surface area contributed by atoms with E-state index in [-0.39, 0.29) is 0 Å². The van der Waals surface area contributed by atoms with Crippen molar-refractivity contribution in [3.63, 3.8) is 0 Å². The molecule has 1 fully saturated rings. The van der Waals surface area contributed by atoms with Gasteiger partial charge in [-0.15, -0.1) is 0 Å². The summed E-state index contributed by atoms with van der Waals surface area (Å²) >= 11 is 0. The van der Waals surface area contributed by atoms with Gasteiger partial charge in [-0.3, -0.25) is 5.32 Å². The van der Waals surface area contributed by atoms with Crippen LogP contribution in [0.25, 0.3) is 0 Å². The molecule has 0 amide bonds. The first-order valence-corrected chi connectivity index (χ1v) is 8.02. The highest BCUT2D eigenvalue weighted by atomic mass is 16.5. The van der Waals surface area contributed by atoms with Gasteiger partial charge in [0.2, 0.25) is 0 Å². The van der Waals surface area contributed by atoms with E-state index in [0.717, 1.165) is 32.5 Å². The predicted molar refractivity (Wildman–Crippen MR) is 82.6 cm³/mol. The maximum Gasteiger partial charge on any atom is 0.104 e. The van der Waals surface area contributed by atoms with Crippen LogP contribution in [-0.4, -0.2) is 48.8 Å². The fraction of sp³-hybridized carbons (Fsp3) is 0.938. The largest absolute Gasteiger partial charge is 0.377 e. The maximum absolute atomic E-state index is 9.34. The normalized spacial score (nSPS) is 23.5. The molecule has 0 aromatic heterocycles. The average Bonchev–Trinajstić information content (AvgIpc) is 2.39. The van der Waals surface area contributed by atoms with Gasteiger partial charge in [-0.2, -0.15) is 5.26 Å². The minimum Gasteiger partial charge on any atom is -0.377 e. The van der Waals surface area contributed by atoms with Crippen molar-refractivity contribution in [1.29, 1.82) is 5.26 Å². The molecule has 0 aromatic carbocycles. The molecule has 0 aliphatic carbocycles. The van der Waals surface area contributed by atoms with E-state index >= 15 is 0 Å². The molecule has 0 bridgehead atoms. The topological polar surface area (TPSA) is 48.3 Å². The van der Waals surface area contributed by atoms with Crippen molar-refractivity contribution in [3.8, 4) is 6.07 Å². The Labute approximate surface area is 124 Å². The van der Waals surface area contributed by atoms with Gasteiger partial charge in [0.05, 0.1) is 12.2 Å². The first kappa shape index (κ1) is 17.4. The van der Waals surface area contributed by atoms with Gasteiger partial charge in [0.15, 0.2) is 0 Å². The van der Waals surface area contributed by atoms with Gasteiger partial charge in [-0.05, 0) is 66.5 Å². The second-order valence-electron chi connectivity index (χ2n) is 6.37. The summed E-state index contributed by atoms with van der Waals surface area (Å²) in [6.45, 7) is 12.4. The molecule has 20 heavy (non-hydrogen) atoms. The Morgan fingerprint density at radius 2 is 2.25 bits per heavy atom. The monoisotopic (exact) mass is 281 g/mol. The molecular weight excluding hydrogens is 250 g/mol. The van der Waals surface area contributed by atoms with E-state index < -0.39 is 5.54 Å². The Kier molecular flexibility index (Phi) is 7.50. The number of nitriles is 1. The number of nitrogens with one attached hydrogen (secondary N) is 1. The summed E-state index contributed by atoms with van der Waals surface area (Å²) in [6.07, 6.45) is 4.78. The fourth-order valence-electron chi connectivity index (χ4n) is 3.04. The Bertz CT molecular complexity index is 311. The van der Waals surface area contributed by atoms with Gasteiger partial charge in [-0.25, -0.2) is 0 Å². The number of piperidine rings is 1. The number of rotatable bonds is 8. The molecule has 0 spiro atoms. The number of hydrogen-bond acceptors (Lipinski definition) is 4. The molecule has 4 heteroatoms. The SMILES string of the molecule is CCOC1CCCN(CCCC(C)(C#N)NC(C)C)C1. The molecule has 1 N–H and O–H groups in total. The summed E-state index contributed by atoms with van der Waals surface area (Å²) in [4.78, 5) is 2.48. The number of hydrogen-bond donors (Lipinski definition) is 1. The molecule has 4 nitrogen and oxygen atoms in total. The van der Waals surface area contributed by atoms with Crippen molar-refractivity contribution < 1.29 is 4.74 Å². The number of nitrogens with zero attached hydrogens (tertiary/aromatic N) is 2. The molecular formula is C16H31N3O. The smallest absolute Gasteiger partial charge is 0.104 e. The lowest BCUT2D eigenvalue weighted by Gasteiger charge is -2.33. The molecule has 1 heterocycles. The summed E-state index contributed by atoms with van der Waals surface area (Å²) in [6, 6.07) is 2.77. The average molecular weight is 281 g/mol. The summed E-state index contributed by atoms with van der Waals surface area (Å²) in [5, 5.41) is 12.7. The van der Waals surface area contributed by atoms with Crippen LogP contribution in [0.3, 0.4) is 0 Å². The molecule has 0 saturated carbocycles. The van der Waals surface area contributed by atoms with Crippen molar-refractivity contribution in [1.82, 2.24) is 10.2 Å². The summed E-state index contributed by atoms with van der Waals surface area (Å²) in [5.41, 5.74) is -0.400. The van der Waals surface area contributed by atoms with E-state index in [0.29, 0.717) is 12.1 Å². The van der Waals surface area contributed by atoms with Gasteiger partial charge in [0.25, 0.3) is 0 Å². The molecule has 2 atom stereocenters. The van der Waals surface area contributed by atoms with Crippen molar-refractivity contribution in [2.24, 2.45) is 0 Å². The zero-order valence-corrected chi connectivity index (χ0v) is 13.6. The van der Waals surface area contributed by atoms with Crippen LogP contribution in [-0.2, 0) is 4.74 Å². The second-order valence-corrected chi connectivity index (χ2v) is 6.37. The highest BCUT2D eigenvalue weighted by Crippen LogP contribution is 2.16. The van der Waals surface area contributed by atoms with Crippen LogP contribution in [0.2, 0.25) is 0 Å². The van der Waals surface area contributed by atoms with E-state index in [4.69, 9.17) is 4.74 Å². The minimum absolute atomic E-state index is 0.344. The van der Waals surface area contributed by atoms with Crippen molar-refractivity contribution in [2.75, 3.05) is 26.2 Å². The predicted octanol–water partition coefficient (Wildman–Crippen LogP) is 2.55. The third kappa shape index (κ3) is 6.21. The van der Waals surface area contributed by atoms with Gasteiger partial charge in [0.1, 0.15) is 5.54 Å². The second kappa shape index (κ2) is 8.61. The third-order valence-electron chi connectivity index (χ3n) is 3.87. The van der Waals surface area contributed by atoms with Crippen LogP contribution >= 0.6 is 0 Å². The molecule has 0 aromatic rings.